The topological polar surface area (TPSA) is 68.2 Å². The van der Waals surface area contributed by atoms with Crippen LogP contribution in [0.25, 0.3) is 0 Å². The zero-order chi connectivity index (χ0) is 15.3. The molecule has 2 heterocycles. The van der Waals surface area contributed by atoms with Crippen LogP contribution in [0.5, 0.6) is 0 Å². The Morgan fingerprint density at radius 1 is 0.905 bits per heavy atom. The van der Waals surface area contributed by atoms with Gasteiger partial charge in [0, 0.05) is 0 Å². The van der Waals surface area contributed by atoms with Crippen molar-refractivity contribution in [3.8, 4) is 23.7 Å². The van der Waals surface area contributed by atoms with Crippen molar-refractivity contribution in [2.24, 2.45) is 0 Å². The highest BCUT2D eigenvalue weighted by Crippen LogP contribution is 2.36. The molecule has 4 atom stereocenters. The van der Waals surface area contributed by atoms with Gasteiger partial charge in [0.05, 0.1) is 13.2 Å². The van der Waals surface area contributed by atoms with Crippen LogP contribution in [0.2, 0.25) is 0 Å². The monoisotopic (exact) mass is 294 g/mol. The highest BCUT2D eigenvalue weighted by atomic mass is 16.8. The van der Waals surface area contributed by atoms with E-state index < -0.39 is 23.8 Å². The van der Waals surface area contributed by atoms with Crippen LogP contribution in [-0.2, 0) is 14.2 Å². The van der Waals surface area contributed by atoms with Crippen molar-refractivity contribution in [2.75, 3.05) is 13.2 Å². The lowest BCUT2D eigenvalue weighted by atomic mass is 9.98. The van der Waals surface area contributed by atoms with Gasteiger partial charge >= 0.3 is 0 Å². The molecule has 2 rings (SSSR count). The van der Waals surface area contributed by atoms with Gasteiger partial charge in [-0.3, -0.25) is 4.74 Å². The Kier molecular flexibility index (Phi) is 5.27. The molecule has 2 fully saturated rings. The number of hydrogen-bond donors (Lipinski definition) is 2. The van der Waals surface area contributed by atoms with Gasteiger partial charge < -0.3 is 19.7 Å². The smallest absolute Gasteiger partial charge is 0.263 e. The molecule has 0 spiro atoms. The van der Waals surface area contributed by atoms with E-state index >= 15 is 0 Å². The standard InChI is InChI=1S/C16H22O5/c1-3-9-15(13(17)7-5-11-19-15)21-16(10-4-2)14(18)8-6-12-20-16/h13-14,17-18H,5-8,11-12H2,1-2H3. The molecule has 2 N–H and O–H groups in total. The van der Waals surface area contributed by atoms with Gasteiger partial charge in [0.25, 0.3) is 11.6 Å². The Morgan fingerprint density at radius 3 is 1.67 bits per heavy atom. The second-order valence-electron chi connectivity index (χ2n) is 5.20. The van der Waals surface area contributed by atoms with Crippen molar-refractivity contribution in [3.63, 3.8) is 0 Å². The third kappa shape index (κ3) is 3.23. The second-order valence-corrected chi connectivity index (χ2v) is 5.20. The number of aliphatic hydroxyl groups is 2. The molecule has 0 saturated carbocycles. The molecule has 5 nitrogen and oxygen atoms in total. The molecular formula is C16H22O5. The summed E-state index contributed by atoms with van der Waals surface area (Å²) in [5, 5.41) is 20.6. The van der Waals surface area contributed by atoms with Crippen molar-refractivity contribution >= 4 is 0 Å². The Balaban J connectivity index is 2.35. The Hall–Kier alpha value is -1.08. The molecule has 21 heavy (non-hydrogen) atoms. The van der Waals surface area contributed by atoms with Gasteiger partial charge in [0.2, 0.25) is 0 Å². The molecule has 0 bridgehead atoms. The van der Waals surface area contributed by atoms with Gasteiger partial charge in [-0.15, -0.1) is 11.8 Å². The van der Waals surface area contributed by atoms with Crippen LogP contribution in [0.1, 0.15) is 39.5 Å². The minimum atomic E-state index is -1.50. The number of ether oxygens (including phenoxy) is 3. The molecule has 0 aliphatic carbocycles. The Labute approximate surface area is 125 Å². The summed E-state index contributed by atoms with van der Waals surface area (Å²) in [5.41, 5.74) is 0. The second kappa shape index (κ2) is 6.79. The van der Waals surface area contributed by atoms with Crippen molar-refractivity contribution < 1.29 is 24.4 Å². The number of rotatable bonds is 2. The first-order chi connectivity index (χ1) is 10.1. The minimum Gasteiger partial charge on any atom is -0.386 e. The predicted octanol–water partition coefficient (Wildman–Crippen LogP) is 0.785. The summed E-state index contributed by atoms with van der Waals surface area (Å²) in [5.74, 6) is 8.04. The third-order valence-corrected chi connectivity index (χ3v) is 3.66. The maximum absolute atomic E-state index is 10.3. The summed E-state index contributed by atoms with van der Waals surface area (Å²) in [6, 6.07) is 0. The predicted molar refractivity (Wildman–Crippen MR) is 75.8 cm³/mol. The molecule has 2 saturated heterocycles. The molecule has 0 aromatic heterocycles. The Bertz CT molecular complexity index is 438. The van der Waals surface area contributed by atoms with Crippen molar-refractivity contribution in [3.05, 3.63) is 0 Å². The molecule has 4 unspecified atom stereocenters. The lowest BCUT2D eigenvalue weighted by Gasteiger charge is -2.45. The SMILES string of the molecule is CC#CC1(OC2(C#CC)OCCCC2O)OCCCC1O. The zero-order valence-corrected chi connectivity index (χ0v) is 12.5. The normalized spacial score (nSPS) is 39.6. The largest absolute Gasteiger partial charge is 0.386 e. The Morgan fingerprint density at radius 2 is 1.33 bits per heavy atom. The fourth-order valence-electron chi connectivity index (χ4n) is 2.63. The van der Waals surface area contributed by atoms with Crippen LogP contribution >= 0.6 is 0 Å². The van der Waals surface area contributed by atoms with Crippen LogP contribution in [0.3, 0.4) is 0 Å². The van der Waals surface area contributed by atoms with Crippen LogP contribution in [0, 0.1) is 23.7 Å². The molecule has 116 valence electrons. The summed E-state index contributed by atoms with van der Waals surface area (Å²) >= 11 is 0. The molecular weight excluding hydrogens is 272 g/mol. The van der Waals surface area contributed by atoms with Crippen molar-refractivity contribution in [2.45, 2.75) is 63.3 Å². The first kappa shape index (κ1) is 16.3. The average molecular weight is 294 g/mol. The summed E-state index contributed by atoms with van der Waals surface area (Å²) in [7, 11) is 0. The zero-order valence-electron chi connectivity index (χ0n) is 12.5. The van der Waals surface area contributed by atoms with Crippen LogP contribution in [-0.4, -0.2) is 47.2 Å². The van der Waals surface area contributed by atoms with E-state index in [9.17, 15) is 10.2 Å². The molecule has 5 heteroatoms. The maximum Gasteiger partial charge on any atom is 0.263 e. The molecule has 2 aliphatic heterocycles. The summed E-state index contributed by atoms with van der Waals surface area (Å²) < 4.78 is 17.2. The van der Waals surface area contributed by atoms with Crippen LogP contribution < -0.4 is 0 Å². The maximum atomic E-state index is 10.3. The van der Waals surface area contributed by atoms with Crippen LogP contribution in [0.4, 0.5) is 0 Å². The van der Waals surface area contributed by atoms with Gasteiger partial charge in [-0.25, -0.2) is 0 Å². The van der Waals surface area contributed by atoms with Crippen molar-refractivity contribution in [1.29, 1.82) is 0 Å². The first-order valence-corrected chi connectivity index (χ1v) is 7.30. The average Bonchev–Trinajstić information content (AvgIpc) is 2.46. The number of aliphatic hydroxyl groups excluding tert-OH is 2. The van der Waals surface area contributed by atoms with Gasteiger partial charge in [0.1, 0.15) is 12.2 Å². The quantitative estimate of drug-likeness (QED) is 0.737. The van der Waals surface area contributed by atoms with E-state index in [0.29, 0.717) is 26.1 Å². The van der Waals surface area contributed by atoms with Gasteiger partial charge in [-0.2, -0.15) is 0 Å². The van der Waals surface area contributed by atoms with Gasteiger partial charge in [-0.05, 0) is 51.4 Å². The van der Waals surface area contributed by atoms with Crippen LogP contribution in [0.15, 0.2) is 0 Å². The summed E-state index contributed by atoms with van der Waals surface area (Å²) in [6.07, 6.45) is 0.668. The fraction of sp³-hybridized carbons (Fsp3) is 0.750. The lowest BCUT2D eigenvalue weighted by Crippen LogP contribution is -2.60. The van der Waals surface area contributed by atoms with Gasteiger partial charge in [0.15, 0.2) is 0 Å². The third-order valence-electron chi connectivity index (χ3n) is 3.66. The molecule has 0 aromatic rings. The van der Waals surface area contributed by atoms with E-state index in [0.717, 1.165) is 12.8 Å². The summed E-state index contributed by atoms with van der Waals surface area (Å²) in [4.78, 5) is 0. The lowest BCUT2D eigenvalue weighted by molar-refractivity contribution is -0.374. The molecule has 2 aliphatic rings. The van der Waals surface area contributed by atoms with Crippen molar-refractivity contribution in [1.82, 2.24) is 0 Å². The molecule has 0 aromatic carbocycles. The number of hydrogen-bond acceptors (Lipinski definition) is 5. The van der Waals surface area contributed by atoms with E-state index in [2.05, 4.69) is 23.7 Å². The van der Waals surface area contributed by atoms with E-state index in [1.165, 1.54) is 0 Å². The molecule has 0 radical (unpaired) electrons. The first-order valence-electron chi connectivity index (χ1n) is 7.30. The van der Waals surface area contributed by atoms with E-state index in [-0.39, 0.29) is 0 Å². The molecule has 0 amide bonds. The highest BCUT2D eigenvalue weighted by molar-refractivity contribution is 5.19. The summed E-state index contributed by atoms with van der Waals surface area (Å²) in [6.45, 7) is 4.15. The van der Waals surface area contributed by atoms with E-state index in [1.54, 1.807) is 13.8 Å². The van der Waals surface area contributed by atoms with Gasteiger partial charge in [-0.1, -0.05) is 0 Å². The minimum absolute atomic E-state index is 0.428. The fourth-order valence-corrected chi connectivity index (χ4v) is 2.63. The van der Waals surface area contributed by atoms with E-state index in [1.807, 2.05) is 0 Å². The highest BCUT2D eigenvalue weighted by Gasteiger charge is 2.52. The van der Waals surface area contributed by atoms with E-state index in [4.69, 9.17) is 14.2 Å².